The summed E-state index contributed by atoms with van der Waals surface area (Å²) >= 11 is 0. The lowest BCUT2D eigenvalue weighted by Crippen LogP contribution is -2.66. The number of urea groups is 1. The summed E-state index contributed by atoms with van der Waals surface area (Å²) in [6.07, 6.45) is 0.878. The lowest BCUT2D eigenvalue weighted by Gasteiger charge is -2.47. The monoisotopic (exact) mass is 320 g/mol. The fourth-order valence-electron chi connectivity index (χ4n) is 2.53. The lowest BCUT2D eigenvalue weighted by molar-refractivity contribution is -0.159. The molecule has 0 bridgehead atoms. The topological polar surface area (TPSA) is 113 Å². The van der Waals surface area contributed by atoms with Gasteiger partial charge in [-0.05, 0) is 19.8 Å². The van der Waals surface area contributed by atoms with Crippen LogP contribution < -0.4 is 5.32 Å². The van der Waals surface area contributed by atoms with Crippen molar-refractivity contribution < 1.29 is 27.9 Å². The number of hydrogen-bond acceptors (Lipinski definition) is 5. The van der Waals surface area contributed by atoms with Gasteiger partial charge in [0.15, 0.2) is 0 Å². The van der Waals surface area contributed by atoms with Crippen LogP contribution in [0.1, 0.15) is 19.8 Å². The minimum Gasteiger partial charge on any atom is -0.480 e. The maximum Gasteiger partial charge on any atom is 0.329 e. The summed E-state index contributed by atoms with van der Waals surface area (Å²) in [5.74, 6) is -0.822. The molecule has 0 aliphatic carbocycles. The van der Waals surface area contributed by atoms with Crippen LogP contribution in [0.15, 0.2) is 0 Å². The largest absolute Gasteiger partial charge is 0.480 e. The number of ether oxygens (including phenoxy) is 1. The van der Waals surface area contributed by atoms with E-state index >= 15 is 0 Å². The van der Waals surface area contributed by atoms with E-state index in [-0.39, 0.29) is 30.2 Å². The van der Waals surface area contributed by atoms with E-state index in [1.165, 1.54) is 4.90 Å². The van der Waals surface area contributed by atoms with Crippen molar-refractivity contribution in [1.29, 1.82) is 0 Å². The minimum atomic E-state index is -2.94. The molecule has 2 saturated heterocycles. The van der Waals surface area contributed by atoms with Gasteiger partial charge in [0.1, 0.15) is 22.0 Å². The smallest absolute Gasteiger partial charge is 0.329 e. The first-order valence-electron chi connectivity index (χ1n) is 6.81. The molecule has 0 aromatic carbocycles. The van der Waals surface area contributed by atoms with Crippen molar-refractivity contribution in [2.45, 2.75) is 31.4 Å². The van der Waals surface area contributed by atoms with Gasteiger partial charge in [0.05, 0.1) is 24.6 Å². The maximum atomic E-state index is 12.0. The zero-order valence-corrected chi connectivity index (χ0v) is 12.7. The van der Waals surface area contributed by atoms with Crippen molar-refractivity contribution in [3.8, 4) is 0 Å². The Kier molecular flexibility index (Phi) is 4.43. The third-order valence-corrected chi connectivity index (χ3v) is 5.48. The van der Waals surface area contributed by atoms with Gasteiger partial charge >= 0.3 is 12.0 Å². The quantitative estimate of drug-likeness (QED) is 0.718. The zero-order valence-electron chi connectivity index (χ0n) is 11.9. The number of rotatable bonds is 4. The molecular formula is C12H20N2O6S. The van der Waals surface area contributed by atoms with Gasteiger partial charge in [-0.25, -0.2) is 18.0 Å². The van der Waals surface area contributed by atoms with Gasteiger partial charge in [-0.15, -0.1) is 0 Å². The molecule has 0 saturated carbocycles. The van der Waals surface area contributed by atoms with Crippen LogP contribution in [0.2, 0.25) is 0 Å². The van der Waals surface area contributed by atoms with Crippen LogP contribution in [0.3, 0.4) is 0 Å². The van der Waals surface area contributed by atoms with Crippen LogP contribution in [0.4, 0.5) is 4.79 Å². The second-order valence-electron chi connectivity index (χ2n) is 5.86. The predicted octanol–water partition coefficient (Wildman–Crippen LogP) is -0.551. The molecule has 2 amide bonds. The summed E-state index contributed by atoms with van der Waals surface area (Å²) in [6.45, 7) is 2.04. The molecule has 120 valence electrons. The maximum absolute atomic E-state index is 12.0. The van der Waals surface area contributed by atoms with Crippen LogP contribution in [0.5, 0.6) is 0 Å². The lowest BCUT2D eigenvalue weighted by atomic mass is 9.97. The summed E-state index contributed by atoms with van der Waals surface area (Å²) in [5, 5.41) is 11.4. The van der Waals surface area contributed by atoms with E-state index in [1.807, 2.05) is 0 Å². The molecule has 0 atom stereocenters. The number of amides is 2. The fraction of sp³-hybridized carbons (Fsp3) is 0.833. The van der Waals surface area contributed by atoms with Crippen molar-refractivity contribution in [2.75, 3.05) is 31.2 Å². The highest BCUT2D eigenvalue weighted by Crippen LogP contribution is 2.25. The molecular weight excluding hydrogens is 300 g/mol. The van der Waals surface area contributed by atoms with E-state index in [4.69, 9.17) is 9.84 Å². The zero-order chi connectivity index (χ0) is 15.7. The molecule has 2 heterocycles. The minimum absolute atomic E-state index is 0.109. The molecule has 2 aliphatic heterocycles. The van der Waals surface area contributed by atoms with Crippen molar-refractivity contribution in [2.24, 2.45) is 0 Å². The molecule has 2 N–H and O–H groups in total. The SMILES string of the molecule is CC1(OCC(=O)O)CN(C(=O)NC2CCS(=O)(=O)CC2)C1. The van der Waals surface area contributed by atoms with E-state index in [2.05, 4.69) is 5.32 Å². The van der Waals surface area contributed by atoms with E-state index in [1.54, 1.807) is 6.92 Å². The number of aliphatic carboxylic acids is 1. The van der Waals surface area contributed by atoms with Gasteiger partial charge in [-0.1, -0.05) is 0 Å². The standard InChI is InChI=1S/C12H20N2O6S/c1-12(20-6-10(15)16)7-14(8-12)11(17)13-9-2-4-21(18,19)5-3-9/h9H,2-8H2,1H3,(H,13,17)(H,15,16). The average molecular weight is 320 g/mol. The first kappa shape index (κ1) is 16.0. The van der Waals surface area contributed by atoms with Crippen molar-refractivity contribution in [1.82, 2.24) is 10.2 Å². The Labute approximate surface area is 123 Å². The van der Waals surface area contributed by atoms with Gasteiger partial charge in [0.2, 0.25) is 0 Å². The predicted molar refractivity (Wildman–Crippen MR) is 73.8 cm³/mol. The number of likely N-dealkylation sites (tertiary alicyclic amines) is 1. The van der Waals surface area contributed by atoms with Gasteiger partial charge < -0.3 is 20.1 Å². The second kappa shape index (κ2) is 5.80. The third-order valence-electron chi connectivity index (χ3n) is 3.76. The first-order valence-corrected chi connectivity index (χ1v) is 8.63. The number of hydrogen-bond donors (Lipinski definition) is 2. The second-order valence-corrected chi connectivity index (χ2v) is 8.17. The number of sulfone groups is 1. The number of carboxylic acids is 1. The van der Waals surface area contributed by atoms with Crippen LogP contribution in [-0.4, -0.2) is 73.3 Å². The third kappa shape index (κ3) is 4.31. The van der Waals surface area contributed by atoms with E-state index < -0.39 is 21.4 Å². The Balaban J connectivity index is 1.73. The van der Waals surface area contributed by atoms with Gasteiger partial charge in [-0.2, -0.15) is 0 Å². The molecule has 2 rings (SSSR count). The molecule has 2 aliphatic rings. The number of nitrogens with one attached hydrogen (secondary N) is 1. The normalized spacial score (nSPS) is 24.1. The highest BCUT2D eigenvalue weighted by atomic mass is 32.2. The van der Waals surface area contributed by atoms with Crippen LogP contribution in [0, 0.1) is 0 Å². The number of carbonyl (C=O) groups is 2. The van der Waals surface area contributed by atoms with Crippen molar-refractivity contribution in [3.05, 3.63) is 0 Å². The van der Waals surface area contributed by atoms with Crippen LogP contribution in [0.25, 0.3) is 0 Å². The Bertz CT molecular complexity index is 512. The van der Waals surface area contributed by atoms with Gasteiger partial charge in [-0.3, -0.25) is 0 Å². The van der Waals surface area contributed by atoms with Crippen LogP contribution >= 0.6 is 0 Å². The molecule has 21 heavy (non-hydrogen) atoms. The molecule has 0 aromatic rings. The Morgan fingerprint density at radius 1 is 1.33 bits per heavy atom. The summed E-state index contributed by atoms with van der Waals surface area (Å²) in [6, 6.07) is -0.372. The molecule has 2 fully saturated rings. The van der Waals surface area contributed by atoms with E-state index in [0.29, 0.717) is 25.9 Å². The molecule has 0 spiro atoms. The summed E-state index contributed by atoms with van der Waals surface area (Å²) < 4.78 is 27.8. The molecule has 0 radical (unpaired) electrons. The molecule has 0 aromatic heterocycles. The Morgan fingerprint density at radius 2 is 1.90 bits per heavy atom. The Hall–Kier alpha value is -1.35. The Morgan fingerprint density at radius 3 is 2.43 bits per heavy atom. The van der Waals surface area contributed by atoms with Crippen molar-refractivity contribution in [3.63, 3.8) is 0 Å². The fourth-order valence-corrected chi connectivity index (χ4v) is 4.02. The highest BCUT2D eigenvalue weighted by Gasteiger charge is 2.43. The summed E-state index contributed by atoms with van der Waals surface area (Å²) in [5.41, 5.74) is -0.619. The van der Waals surface area contributed by atoms with Gasteiger partial charge in [0, 0.05) is 6.04 Å². The molecule has 8 nitrogen and oxygen atoms in total. The van der Waals surface area contributed by atoms with Gasteiger partial charge in [0.25, 0.3) is 0 Å². The number of carboxylic acid groups (broad SMARTS) is 1. The van der Waals surface area contributed by atoms with E-state index in [0.717, 1.165) is 0 Å². The van der Waals surface area contributed by atoms with Crippen molar-refractivity contribution >= 4 is 21.8 Å². The summed E-state index contributed by atoms with van der Waals surface area (Å²) in [4.78, 5) is 24.0. The summed E-state index contributed by atoms with van der Waals surface area (Å²) in [7, 11) is -2.94. The number of nitrogens with zero attached hydrogens (tertiary/aromatic N) is 1. The molecule has 9 heteroatoms. The number of carbonyl (C=O) groups excluding carboxylic acids is 1. The average Bonchev–Trinajstić information content (AvgIpc) is 2.35. The molecule has 0 unspecified atom stereocenters. The van der Waals surface area contributed by atoms with E-state index in [9.17, 15) is 18.0 Å². The van der Waals surface area contributed by atoms with Crippen LogP contribution in [-0.2, 0) is 19.4 Å². The highest BCUT2D eigenvalue weighted by molar-refractivity contribution is 7.91. The first-order chi connectivity index (χ1) is 9.69.